The van der Waals surface area contributed by atoms with Gasteiger partial charge in [-0.05, 0) is 37.5 Å². The number of hydrogen-bond acceptors (Lipinski definition) is 5. The van der Waals surface area contributed by atoms with Gasteiger partial charge in [0.15, 0.2) is 11.5 Å². The number of fused-ring (bicyclic) bond motifs is 1. The molecule has 0 aromatic heterocycles. The molecule has 1 aromatic carbocycles. The van der Waals surface area contributed by atoms with Crippen molar-refractivity contribution in [3.8, 4) is 11.5 Å². The Morgan fingerprint density at radius 1 is 1.21 bits per heavy atom. The van der Waals surface area contributed by atoms with Crippen LogP contribution < -0.4 is 14.8 Å². The lowest BCUT2D eigenvalue weighted by Gasteiger charge is -2.55. The molecule has 0 unspecified atom stereocenters. The summed E-state index contributed by atoms with van der Waals surface area (Å²) in [5.41, 5.74) is -0.143. The van der Waals surface area contributed by atoms with E-state index in [1.54, 1.807) is 0 Å². The highest BCUT2D eigenvalue weighted by molar-refractivity contribution is 5.95. The number of carbonyl (C=O) groups is 1. The van der Waals surface area contributed by atoms with Crippen LogP contribution in [0.2, 0.25) is 0 Å². The van der Waals surface area contributed by atoms with Crippen LogP contribution in [-0.2, 0) is 4.74 Å². The van der Waals surface area contributed by atoms with Crippen molar-refractivity contribution in [2.75, 3.05) is 13.2 Å². The molecule has 0 radical (unpaired) electrons. The zero-order valence-corrected chi connectivity index (χ0v) is 12.8. The quantitative estimate of drug-likeness (QED) is 0.856. The highest BCUT2D eigenvalue weighted by Gasteiger charge is 2.55. The summed E-state index contributed by atoms with van der Waals surface area (Å²) in [7, 11) is 0. The molecule has 24 heavy (non-hydrogen) atoms. The summed E-state index contributed by atoms with van der Waals surface area (Å²) in [5, 5.41) is 13.0. The van der Waals surface area contributed by atoms with Gasteiger partial charge in [0, 0.05) is 30.2 Å². The summed E-state index contributed by atoms with van der Waals surface area (Å²) in [6, 6.07) is 3.77. The molecule has 2 fully saturated rings. The molecule has 4 rings (SSSR count). The standard InChI is InChI=1S/C16H17F2NO5/c17-16(18)23-10-2-1-9(7-11(10)24-16)14(21)19-12-8-13(20)15(12)3-5-22-6-4-15/h1-2,7,12-13,20H,3-6,8H2,(H,19,21)/t12-,13-/m1/s1. The highest BCUT2D eigenvalue weighted by Crippen LogP contribution is 2.49. The molecular formula is C16H17F2NO5. The lowest BCUT2D eigenvalue weighted by molar-refractivity contribution is -0.286. The van der Waals surface area contributed by atoms with Crippen LogP contribution in [0.4, 0.5) is 8.78 Å². The molecule has 1 aliphatic carbocycles. The minimum Gasteiger partial charge on any atom is -0.395 e. The van der Waals surface area contributed by atoms with Crippen LogP contribution in [0.3, 0.4) is 0 Å². The van der Waals surface area contributed by atoms with Crippen LogP contribution in [0.15, 0.2) is 18.2 Å². The van der Waals surface area contributed by atoms with Crippen molar-refractivity contribution in [2.45, 2.75) is 37.7 Å². The van der Waals surface area contributed by atoms with Crippen molar-refractivity contribution in [3.63, 3.8) is 0 Å². The molecule has 2 aliphatic heterocycles. The predicted octanol–water partition coefficient (Wildman–Crippen LogP) is 1.67. The summed E-state index contributed by atoms with van der Waals surface area (Å²) in [6.45, 7) is 1.12. The number of hydrogen-bond donors (Lipinski definition) is 2. The Bertz CT molecular complexity index is 674. The van der Waals surface area contributed by atoms with E-state index in [1.165, 1.54) is 18.2 Å². The van der Waals surface area contributed by atoms with Gasteiger partial charge in [-0.3, -0.25) is 4.79 Å². The zero-order valence-electron chi connectivity index (χ0n) is 12.8. The molecule has 1 spiro atoms. The summed E-state index contributed by atoms with van der Waals surface area (Å²) in [6.07, 6.45) is -2.31. The van der Waals surface area contributed by atoms with Gasteiger partial charge in [0.25, 0.3) is 5.91 Å². The minimum absolute atomic E-state index is 0.100. The maximum Gasteiger partial charge on any atom is 0.586 e. The maximum atomic E-state index is 13.0. The van der Waals surface area contributed by atoms with Crippen LogP contribution in [0.1, 0.15) is 29.6 Å². The second-order valence-electron chi connectivity index (χ2n) is 6.45. The van der Waals surface area contributed by atoms with Gasteiger partial charge < -0.3 is 24.6 Å². The number of ether oxygens (including phenoxy) is 3. The molecule has 8 heteroatoms. The number of benzene rings is 1. The number of aliphatic hydroxyl groups is 1. The van der Waals surface area contributed by atoms with Crippen molar-refractivity contribution in [1.82, 2.24) is 5.32 Å². The van der Waals surface area contributed by atoms with Crippen molar-refractivity contribution >= 4 is 5.91 Å². The third-order valence-corrected chi connectivity index (χ3v) is 5.21. The lowest BCUT2D eigenvalue weighted by atomic mass is 9.58. The number of carbonyl (C=O) groups excluding carboxylic acids is 1. The molecule has 1 aromatic rings. The van der Waals surface area contributed by atoms with Gasteiger partial charge in [0.2, 0.25) is 0 Å². The summed E-state index contributed by atoms with van der Waals surface area (Å²) < 4.78 is 40.1. The Morgan fingerprint density at radius 3 is 2.62 bits per heavy atom. The largest absolute Gasteiger partial charge is 0.586 e. The van der Waals surface area contributed by atoms with Crippen LogP contribution in [-0.4, -0.2) is 42.7 Å². The lowest BCUT2D eigenvalue weighted by Crippen LogP contribution is -2.65. The fourth-order valence-electron chi connectivity index (χ4n) is 3.73. The first kappa shape index (κ1) is 15.6. The van der Waals surface area contributed by atoms with Crippen molar-refractivity contribution in [2.24, 2.45) is 5.41 Å². The van der Waals surface area contributed by atoms with Gasteiger partial charge in [-0.25, -0.2) is 0 Å². The summed E-state index contributed by atoms with van der Waals surface area (Å²) in [5.74, 6) is -0.655. The smallest absolute Gasteiger partial charge is 0.395 e. The molecule has 2 N–H and O–H groups in total. The van der Waals surface area contributed by atoms with Gasteiger partial charge in [-0.2, -0.15) is 0 Å². The van der Waals surface area contributed by atoms with Crippen molar-refractivity contribution < 1.29 is 32.9 Å². The van der Waals surface area contributed by atoms with Crippen LogP contribution in [0, 0.1) is 5.41 Å². The topological polar surface area (TPSA) is 77.0 Å². The Morgan fingerprint density at radius 2 is 1.92 bits per heavy atom. The normalized spacial score (nSPS) is 29.1. The molecule has 2 heterocycles. The van der Waals surface area contributed by atoms with E-state index in [-0.39, 0.29) is 34.4 Å². The third-order valence-electron chi connectivity index (χ3n) is 5.21. The monoisotopic (exact) mass is 341 g/mol. The molecule has 3 aliphatic rings. The van der Waals surface area contributed by atoms with Gasteiger partial charge in [-0.1, -0.05) is 0 Å². The number of rotatable bonds is 2. The number of alkyl halides is 2. The Balaban J connectivity index is 1.48. The number of halogens is 2. The van der Waals surface area contributed by atoms with Crippen molar-refractivity contribution in [1.29, 1.82) is 0 Å². The number of aliphatic hydroxyl groups excluding tert-OH is 1. The molecule has 0 bridgehead atoms. The Labute approximate surface area is 136 Å². The molecule has 2 atom stereocenters. The third kappa shape index (κ3) is 2.41. The fraction of sp³-hybridized carbons (Fsp3) is 0.562. The fourth-order valence-corrected chi connectivity index (χ4v) is 3.73. The SMILES string of the molecule is O=C(N[C@@H]1C[C@@H](O)C12CCOCC2)c1ccc2c(c1)OC(F)(F)O2. The van der Waals surface area contributed by atoms with E-state index in [0.717, 1.165) is 0 Å². The minimum atomic E-state index is -3.71. The molecule has 130 valence electrons. The predicted molar refractivity (Wildman–Crippen MR) is 77.0 cm³/mol. The van der Waals surface area contributed by atoms with Crippen molar-refractivity contribution in [3.05, 3.63) is 23.8 Å². The maximum absolute atomic E-state index is 13.0. The number of nitrogens with one attached hydrogen (secondary N) is 1. The van der Waals surface area contributed by atoms with Gasteiger partial charge in [0.05, 0.1) is 6.10 Å². The average Bonchev–Trinajstić information content (AvgIpc) is 2.88. The zero-order chi connectivity index (χ0) is 16.9. The summed E-state index contributed by atoms with van der Waals surface area (Å²) in [4.78, 5) is 12.4. The van der Waals surface area contributed by atoms with Gasteiger partial charge >= 0.3 is 6.29 Å². The molecular weight excluding hydrogens is 324 g/mol. The van der Waals surface area contributed by atoms with E-state index in [1.807, 2.05) is 0 Å². The molecule has 1 amide bonds. The second-order valence-corrected chi connectivity index (χ2v) is 6.45. The van der Waals surface area contributed by atoms with Gasteiger partial charge in [-0.15, -0.1) is 8.78 Å². The summed E-state index contributed by atoms with van der Waals surface area (Å²) >= 11 is 0. The van der Waals surface area contributed by atoms with Crippen LogP contribution in [0.25, 0.3) is 0 Å². The first-order valence-electron chi connectivity index (χ1n) is 7.86. The van der Waals surface area contributed by atoms with E-state index in [2.05, 4.69) is 14.8 Å². The van der Waals surface area contributed by atoms with Crippen LogP contribution >= 0.6 is 0 Å². The first-order valence-corrected chi connectivity index (χ1v) is 7.86. The van der Waals surface area contributed by atoms with E-state index in [4.69, 9.17) is 4.74 Å². The van der Waals surface area contributed by atoms with Crippen LogP contribution in [0.5, 0.6) is 11.5 Å². The highest BCUT2D eigenvalue weighted by atomic mass is 19.3. The first-order chi connectivity index (χ1) is 11.4. The molecule has 1 saturated heterocycles. The van der Waals surface area contributed by atoms with Gasteiger partial charge in [0.1, 0.15) is 0 Å². The average molecular weight is 341 g/mol. The van der Waals surface area contributed by atoms with E-state index < -0.39 is 12.4 Å². The number of amides is 1. The van der Waals surface area contributed by atoms with E-state index in [0.29, 0.717) is 32.5 Å². The molecule has 6 nitrogen and oxygen atoms in total. The van der Waals surface area contributed by atoms with E-state index >= 15 is 0 Å². The molecule has 1 saturated carbocycles. The Hall–Kier alpha value is -1.93. The second kappa shape index (κ2) is 5.29. The Kier molecular flexibility index (Phi) is 3.43. The van der Waals surface area contributed by atoms with E-state index in [9.17, 15) is 18.7 Å².